The molecule has 2 aromatic rings. The molecule has 0 spiro atoms. The Labute approximate surface area is 207 Å². The Morgan fingerprint density at radius 3 is 2.58 bits per heavy atom. The van der Waals surface area contributed by atoms with Crippen molar-refractivity contribution in [3.63, 3.8) is 0 Å². The minimum Gasteiger partial charge on any atom is -0.480 e. The summed E-state index contributed by atoms with van der Waals surface area (Å²) in [4.78, 5) is 25.6. The molecule has 0 fully saturated rings. The molecule has 0 bridgehead atoms. The third-order valence-electron chi connectivity index (χ3n) is 6.03. The molecular formula is C24H32F4N6O2. The molecular weight excluding hydrogens is 480 g/mol. The van der Waals surface area contributed by atoms with E-state index in [0.29, 0.717) is 38.4 Å². The Bertz CT molecular complexity index is 974. The number of hydrogen-bond donors (Lipinski definition) is 3. The number of carboxylic acids is 1. The van der Waals surface area contributed by atoms with Crippen LogP contribution in [0.3, 0.4) is 0 Å². The molecule has 0 saturated heterocycles. The molecule has 198 valence electrons. The van der Waals surface area contributed by atoms with Crippen molar-refractivity contribution in [3.8, 4) is 0 Å². The molecule has 0 aliphatic carbocycles. The van der Waals surface area contributed by atoms with E-state index in [1.54, 1.807) is 0 Å². The van der Waals surface area contributed by atoms with E-state index in [-0.39, 0.29) is 12.4 Å². The van der Waals surface area contributed by atoms with Crippen molar-refractivity contribution in [1.82, 2.24) is 19.9 Å². The quantitative estimate of drug-likeness (QED) is 0.256. The molecule has 2 aromatic heterocycles. The molecule has 0 amide bonds. The van der Waals surface area contributed by atoms with E-state index < -0.39 is 30.4 Å². The van der Waals surface area contributed by atoms with Gasteiger partial charge in [-0.1, -0.05) is 6.07 Å². The number of alkyl halides is 4. The van der Waals surface area contributed by atoms with Gasteiger partial charge in [-0.2, -0.15) is 13.2 Å². The van der Waals surface area contributed by atoms with Gasteiger partial charge in [0.25, 0.3) is 0 Å². The maximum absolute atomic E-state index is 12.8. The number of carbonyl (C=O) groups is 1. The maximum atomic E-state index is 12.8. The fraction of sp³-hybridized carbons (Fsp3) is 0.583. The van der Waals surface area contributed by atoms with Crippen LogP contribution < -0.4 is 10.6 Å². The lowest BCUT2D eigenvalue weighted by molar-refractivity contribution is -0.139. The first-order valence-corrected chi connectivity index (χ1v) is 12.2. The zero-order valence-electron chi connectivity index (χ0n) is 20.0. The molecule has 1 aliphatic rings. The standard InChI is InChI=1S/C24H32F4N6O2/c25-10-4-13-34(12-2-1-6-19-8-7-17-5-3-11-29-21(17)32-19)14-9-20(22(35)36)33-23-30-15-18(16-31-23)24(26,27)28/h7-8,15-16,20H,1-6,9-14H2,(H,29,32)(H,35,36)(H,30,31,33)/t20-/m0/s1. The summed E-state index contributed by atoms with van der Waals surface area (Å²) in [7, 11) is 0. The largest absolute Gasteiger partial charge is 0.480 e. The van der Waals surface area contributed by atoms with Gasteiger partial charge < -0.3 is 20.6 Å². The fourth-order valence-corrected chi connectivity index (χ4v) is 4.04. The highest BCUT2D eigenvalue weighted by atomic mass is 19.4. The number of carboxylic acid groups (broad SMARTS) is 1. The van der Waals surface area contributed by atoms with Crippen molar-refractivity contribution in [1.29, 1.82) is 0 Å². The summed E-state index contributed by atoms with van der Waals surface area (Å²) >= 11 is 0. The molecule has 3 heterocycles. The molecule has 0 radical (unpaired) electrons. The SMILES string of the molecule is O=C(O)[C@H](CCN(CCCF)CCCCc1ccc2c(n1)NCCC2)Nc1ncc(C(F)(F)F)cn1. The number of aryl methyl sites for hydroxylation is 2. The van der Waals surface area contributed by atoms with Crippen LogP contribution in [0.25, 0.3) is 0 Å². The topological polar surface area (TPSA) is 103 Å². The summed E-state index contributed by atoms with van der Waals surface area (Å²) in [5.41, 5.74) is 1.25. The van der Waals surface area contributed by atoms with Crippen molar-refractivity contribution < 1.29 is 27.5 Å². The molecule has 1 atom stereocenters. The summed E-state index contributed by atoms with van der Waals surface area (Å²) in [6.07, 6.45) is 1.82. The van der Waals surface area contributed by atoms with Gasteiger partial charge in [0, 0.05) is 37.7 Å². The van der Waals surface area contributed by atoms with Crippen LogP contribution in [0.1, 0.15) is 48.9 Å². The van der Waals surface area contributed by atoms with Gasteiger partial charge in [-0.05, 0) is 63.1 Å². The number of halogens is 4. The average molecular weight is 513 g/mol. The number of nitrogens with zero attached hydrogens (tertiary/aromatic N) is 4. The predicted octanol–water partition coefficient (Wildman–Crippen LogP) is 4.19. The van der Waals surface area contributed by atoms with Gasteiger partial charge in [0.1, 0.15) is 11.9 Å². The van der Waals surface area contributed by atoms with Gasteiger partial charge in [-0.25, -0.2) is 19.7 Å². The predicted molar refractivity (Wildman–Crippen MR) is 128 cm³/mol. The first-order valence-electron chi connectivity index (χ1n) is 12.2. The third-order valence-corrected chi connectivity index (χ3v) is 6.03. The Hall–Kier alpha value is -3.02. The molecule has 3 N–H and O–H groups in total. The summed E-state index contributed by atoms with van der Waals surface area (Å²) in [6, 6.07) is 3.08. The summed E-state index contributed by atoms with van der Waals surface area (Å²) in [5.74, 6) is -0.402. The van der Waals surface area contributed by atoms with Crippen LogP contribution in [-0.4, -0.2) is 69.8 Å². The van der Waals surface area contributed by atoms with Crippen LogP contribution in [0, 0.1) is 0 Å². The third kappa shape index (κ3) is 8.58. The average Bonchev–Trinajstić information content (AvgIpc) is 2.86. The van der Waals surface area contributed by atoms with Gasteiger partial charge in [0.15, 0.2) is 0 Å². The first kappa shape index (κ1) is 27.6. The van der Waals surface area contributed by atoms with Crippen molar-refractivity contribution in [2.75, 3.05) is 43.5 Å². The number of pyridine rings is 1. The van der Waals surface area contributed by atoms with Gasteiger partial charge in [-0.3, -0.25) is 4.39 Å². The number of nitrogens with one attached hydrogen (secondary N) is 2. The number of anilines is 2. The molecule has 3 rings (SSSR count). The zero-order chi connectivity index (χ0) is 26.0. The molecule has 8 nitrogen and oxygen atoms in total. The van der Waals surface area contributed by atoms with Crippen LogP contribution in [0.15, 0.2) is 24.5 Å². The molecule has 0 aromatic carbocycles. The van der Waals surface area contributed by atoms with Crippen LogP contribution in [0.2, 0.25) is 0 Å². The van der Waals surface area contributed by atoms with Gasteiger partial charge in [-0.15, -0.1) is 0 Å². The van der Waals surface area contributed by atoms with Crippen LogP contribution in [-0.2, 0) is 23.8 Å². The molecule has 0 saturated carbocycles. The maximum Gasteiger partial charge on any atom is 0.419 e. The van der Waals surface area contributed by atoms with Gasteiger partial charge in [0.05, 0.1) is 12.2 Å². The van der Waals surface area contributed by atoms with E-state index in [4.69, 9.17) is 4.98 Å². The Morgan fingerprint density at radius 1 is 1.14 bits per heavy atom. The van der Waals surface area contributed by atoms with E-state index >= 15 is 0 Å². The highest BCUT2D eigenvalue weighted by molar-refractivity contribution is 5.76. The van der Waals surface area contributed by atoms with Crippen molar-refractivity contribution in [3.05, 3.63) is 41.3 Å². The number of aromatic nitrogens is 3. The number of rotatable bonds is 14. The molecule has 36 heavy (non-hydrogen) atoms. The van der Waals surface area contributed by atoms with Crippen molar-refractivity contribution in [2.45, 2.75) is 57.2 Å². The van der Waals surface area contributed by atoms with Crippen LogP contribution in [0.4, 0.5) is 29.3 Å². The fourth-order valence-electron chi connectivity index (χ4n) is 4.04. The highest BCUT2D eigenvalue weighted by Crippen LogP contribution is 2.28. The van der Waals surface area contributed by atoms with Crippen molar-refractivity contribution in [2.24, 2.45) is 0 Å². The zero-order valence-corrected chi connectivity index (χ0v) is 20.0. The van der Waals surface area contributed by atoms with E-state index in [1.165, 1.54) is 5.56 Å². The number of hydrogen-bond acceptors (Lipinski definition) is 7. The number of fused-ring (bicyclic) bond motifs is 1. The van der Waals surface area contributed by atoms with Crippen LogP contribution in [0.5, 0.6) is 0 Å². The molecule has 12 heteroatoms. The Balaban J connectivity index is 1.48. The lowest BCUT2D eigenvalue weighted by atomic mass is 10.1. The lowest BCUT2D eigenvalue weighted by Crippen LogP contribution is -2.36. The normalized spacial score (nSPS) is 14.2. The van der Waals surface area contributed by atoms with E-state index in [0.717, 1.165) is 50.2 Å². The number of unbranched alkanes of at least 4 members (excludes halogenated alkanes) is 1. The second kappa shape index (κ2) is 13.3. The van der Waals surface area contributed by atoms with E-state index in [9.17, 15) is 27.5 Å². The lowest BCUT2D eigenvalue weighted by Gasteiger charge is -2.24. The van der Waals surface area contributed by atoms with Crippen molar-refractivity contribution >= 4 is 17.7 Å². The van der Waals surface area contributed by atoms with Crippen LogP contribution >= 0.6 is 0 Å². The van der Waals surface area contributed by atoms with E-state index in [1.807, 2.05) is 4.90 Å². The molecule has 0 unspecified atom stereocenters. The second-order valence-corrected chi connectivity index (χ2v) is 8.80. The minimum atomic E-state index is -4.57. The summed E-state index contributed by atoms with van der Waals surface area (Å²) in [6.45, 7) is 2.01. The highest BCUT2D eigenvalue weighted by Gasteiger charge is 2.31. The minimum absolute atomic E-state index is 0.157. The smallest absolute Gasteiger partial charge is 0.419 e. The summed E-state index contributed by atoms with van der Waals surface area (Å²) in [5, 5.41) is 15.5. The monoisotopic (exact) mass is 512 g/mol. The van der Waals surface area contributed by atoms with E-state index in [2.05, 4.69) is 32.7 Å². The molecule has 1 aliphatic heterocycles. The second-order valence-electron chi connectivity index (χ2n) is 8.80. The first-order chi connectivity index (χ1) is 17.3. The Kier molecular flexibility index (Phi) is 10.2. The van der Waals surface area contributed by atoms with Gasteiger partial charge >= 0.3 is 12.1 Å². The Morgan fingerprint density at radius 2 is 1.89 bits per heavy atom. The summed E-state index contributed by atoms with van der Waals surface area (Å²) < 4.78 is 50.8. The van der Waals surface area contributed by atoms with Gasteiger partial charge in [0.2, 0.25) is 5.95 Å². The number of aliphatic carboxylic acids is 1.